The number of hydrogen-bond acceptors (Lipinski definition) is 5. The van der Waals surface area contributed by atoms with Gasteiger partial charge in [-0.15, -0.1) is 0 Å². The maximum atomic E-state index is 12.1. The second-order valence-corrected chi connectivity index (χ2v) is 4.58. The molecule has 1 aliphatic heterocycles. The van der Waals surface area contributed by atoms with Crippen LogP contribution in [0.1, 0.15) is 25.2 Å². The maximum Gasteiger partial charge on any atom is 0.318 e. The molecule has 9 heteroatoms. The molecule has 1 aromatic heterocycles. The number of rotatable bonds is 4. The van der Waals surface area contributed by atoms with Gasteiger partial charge >= 0.3 is 12.0 Å². The van der Waals surface area contributed by atoms with Crippen LogP contribution < -0.4 is 5.32 Å². The summed E-state index contributed by atoms with van der Waals surface area (Å²) in [6, 6.07) is -0.571. The summed E-state index contributed by atoms with van der Waals surface area (Å²) < 4.78 is 5.32. The smallest absolute Gasteiger partial charge is 0.318 e. The molecule has 0 saturated carbocycles. The van der Waals surface area contributed by atoms with E-state index >= 15 is 0 Å². The summed E-state index contributed by atoms with van der Waals surface area (Å²) >= 11 is 0. The van der Waals surface area contributed by atoms with Crippen LogP contribution in [-0.4, -0.2) is 63.0 Å². The predicted octanol–water partition coefficient (Wildman–Crippen LogP) is -0.249. The Bertz CT molecular complexity index is 463. The Hall–Kier alpha value is -2.16. The van der Waals surface area contributed by atoms with Crippen LogP contribution in [0.15, 0.2) is 6.33 Å². The minimum absolute atomic E-state index is 0.110. The fourth-order valence-electron chi connectivity index (χ4n) is 1.99. The highest BCUT2D eigenvalue weighted by atomic mass is 16.5. The fourth-order valence-corrected chi connectivity index (χ4v) is 1.99. The van der Waals surface area contributed by atoms with Gasteiger partial charge in [-0.2, -0.15) is 5.10 Å². The fraction of sp³-hybridized carbons (Fsp3) is 0.636. The van der Waals surface area contributed by atoms with Crippen molar-refractivity contribution in [3.8, 4) is 0 Å². The van der Waals surface area contributed by atoms with Gasteiger partial charge < -0.3 is 20.1 Å². The lowest BCUT2D eigenvalue weighted by atomic mass is 10.2. The lowest BCUT2D eigenvalue weighted by molar-refractivity contribution is -0.141. The summed E-state index contributed by atoms with van der Waals surface area (Å²) in [6.07, 6.45) is 0.796. The Labute approximate surface area is 115 Å². The molecule has 0 aliphatic carbocycles. The molecule has 2 heterocycles. The summed E-state index contributed by atoms with van der Waals surface area (Å²) in [5.74, 6) is -0.374. The predicted molar refractivity (Wildman–Crippen MR) is 66.9 cm³/mol. The summed E-state index contributed by atoms with van der Waals surface area (Å²) in [4.78, 5) is 28.3. The number of amides is 2. The van der Waals surface area contributed by atoms with Gasteiger partial charge in [-0.3, -0.25) is 9.89 Å². The third kappa shape index (κ3) is 3.67. The number of H-pyrrole nitrogens is 1. The molecule has 1 aliphatic rings. The molecule has 20 heavy (non-hydrogen) atoms. The lowest BCUT2D eigenvalue weighted by Crippen LogP contribution is -2.50. The van der Waals surface area contributed by atoms with Crippen LogP contribution in [0.2, 0.25) is 0 Å². The van der Waals surface area contributed by atoms with Crippen LogP contribution in [0.4, 0.5) is 4.79 Å². The summed E-state index contributed by atoms with van der Waals surface area (Å²) in [6.45, 7) is 2.82. The number of aromatic nitrogens is 3. The SMILES string of the molecule is CC(NC(=O)N1CCOC(CC(=O)O)C1)c1ncn[nH]1. The van der Waals surface area contributed by atoms with Crippen molar-refractivity contribution in [2.24, 2.45) is 0 Å². The van der Waals surface area contributed by atoms with Crippen molar-refractivity contribution in [3.05, 3.63) is 12.2 Å². The topological polar surface area (TPSA) is 120 Å². The number of morpholine rings is 1. The molecule has 0 radical (unpaired) electrons. The number of urea groups is 1. The Morgan fingerprint density at radius 1 is 1.70 bits per heavy atom. The van der Waals surface area contributed by atoms with E-state index in [0.29, 0.717) is 19.0 Å². The highest BCUT2D eigenvalue weighted by Crippen LogP contribution is 2.11. The van der Waals surface area contributed by atoms with Crippen LogP contribution in [0.3, 0.4) is 0 Å². The van der Waals surface area contributed by atoms with E-state index in [1.165, 1.54) is 6.33 Å². The molecule has 2 amide bonds. The number of carboxylic acid groups (broad SMARTS) is 1. The maximum absolute atomic E-state index is 12.1. The highest BCUT2D eigenvalue weighted by molar-refractivity contribution is 5.75. The highest BCUT2D eigenvalue weighted by Gasteiger charge is 2.26. The number of carbonyl (C=O) groups excluding carboxylic acids is 1. The molecule has 110 valence electrons. The average molecular weight is 283 g/mol. The van der Waals surface area contributed by atoms with E-state index in [9.17, 15) is 9.59 Å². The second-order valence-electron chi connectivity index (χ2n) is 4.58. The number of carbonyl (C=O) groups is 2. The Balaban J connectivity index is 1.87. The zero-order valence-electron chi connectivity index (χ0n) is 11.1. The van der Waals surface area contributed by atoms with Crippen LogP contribution >= 0.6 is 0 Å². The summed E-state index contributed by atoms with van der Waals surface area (Å²) in [5.41, 5.74) is 0. The molecule has 0 bridgehead atoms. The van der Waals surface area contributed by atoms with E-state index in [1.54, 1.807) is 11.8 Å². The van der Waals surface area contributed by atoms with Gasteiger partial charge in [0.25, 0.3) is 0 Å². The first-order chi connectivity index (χ1) is 9.56. The van der Waals surface area contributed by atoms with Gasteiger partial charge in [-0.05, 0) is 6.92 Å². The van der Waals surface area contributed by atoms with Crippen LogP contribution in [-0.2, 0) is 9.53 Å². The van der Waals surface area contributed by atoms with E-state index in [2.05, 4.69) is 20.5 Å². The van der Waals surface area contributed by atoms with E-state index in [0.717, 1.165) is 0 Å². The number of ether oxygens (including phenoxy) is 1. The van der Waals surface area contributed by atoms with Crippen molar-refractivity contribution < 1.29 is 19.4 Å². The van der Waals surface area contributed by atoms with Crippen LogP contribution in [0, 0.1) is 0 Å². The van der Waals surface area contributed by atoms with E-state index in [1.807, 2.05) is 0 Å². The third-order valence-corrected chi connectivity index (χ3v) is 3.01. The molecular weight excluding hydrogens is 266 g/mol. The summed E-state index contributed by atoms with van der Waals surface area (Å²) in [5, 5.41) is 17.9. The number of aliphatic carboxylic acids is 1. The Morgan fingerprint density at radius 2 is 2.50 bits per heavy atom. The Kier molecular flexibility index (Phi) is 4.51. The first-order valence-electron chi connectivity index (χ1n) is 6.30. The van der Waals surface area contributed by atoms with Gasteiger partial charge in [0.2, 0.25) is 0 Å². The van der Waals surface area contributed by atoms with Gasteiger partial charge in [0.05, 0.1) is 25.2 Å². The van der Waals surface area contributed by atoms with E-state index in [4.69, 9.17) is 9.84 Å². The lowest BCUT2D eigenvalue weighted by Gasteiger charge is -2.32. The molecule has 2 atom stereocenters. The third-order valence-electron chi connectivity index (χ3n) is 3.01. The monoisotopic (exact) mass is 283 g/mol. The van der Waals surface area contributed by atoms with Crippen molar-refractivity contribution in [2.75, 3.05) is 19.7 Å². The van der Waals surface area contributed by atoms with Crippen molar-refractivity contribution in [1.29, 1.82) is 0 Å². The van der Waals surface area contributed by atoms with Gasteiger partial charge in [0.1, 0.15) is 12.2 Å². The molecule has 1 aromatic rings. The molecular formula is C11H17N5O4. The van der Waals surface area contributed by atoms with Gasteiger partial charge in [-0.25, -0.2) is 9.78 Å². The molecule has 3 N–H and O–H groups in total. The number of carboxylic acids is 1. The molecule has 2 rings (SSSR count). The van der Waals surface area contributed by atoms with Gasteiger partial charge in [-0.1, -0.05) is 0 Å². The van der Waals surface area contributed by atoms with Crippen molar-refractivity contribution in [2.45, 2.75) is 25.5 Å². The second kappa shape index (κ2) is 6.33. The molecule has 2 unspecified atom stereocenters. The minimum atomic E-state index is -0.938. The molecule has 9 nitrogen and oxygen atoms in total. The minimum Gasteiger partial charge on any atom is -0.481 e. The zero-order chi connectivity index (χ0) is 14.5. The van der Waals surface area contributed by atoms with Crippen LogP contribution in [0.25, 0.3) is 0 Å². The van der Waals surface area contributed by atoms with Crippen molar-refractivity contribution in [3.63, 3.8) is 0 Å². The number of nitrogens with one attached hydrogen (secondary N) is 2. The van der Waals surface area contributed by atoms with Crippen LogP contribution in [0.5, 0.6) is 0 Å². The van der Waals surface area contributed by atoms with E-state index < -0.39 is 12.1 Å². The first-order valence-corrected chi connectivity index (χ1v) is 6.30. The average Bonchev–Trinajstić information content (AvgIpc) is 2.92. The summed E-state index contributed by atoms with van der Waals surface area (Å²) in [7, 11) is 0. The number of nitrogens with zero attached hydrogens (tertiary/aromatic N) is 3. The number of aromatic amines is 1. The largest absolute Gasteiger partial charge is 0.481 e. The standard InChI is InChI=1S/C11H17N5O4/c1-7(10-12-6-13-15-10)14-11(19)16-2-3-20-8(5-16)4-9(17)18/h6-8H,2-5H2,1H3,(H,14,19)(H,17,18)(H,12,13,15). The molecule has 1 saturated heterocycles. The number of hydrogen-bond donors (Lipinski definition) is 3. The molecule has 0 aromatic carbocycles. The zero-order valence-corrected chi connectivity index (χ0v) is 11.1. The molecule has 1 fully saturated rings. The first kappa shape index (κ1) is 14.3. The van der Waals surface area contributed by atoms with E-state index in [-0.39, 0.29) is 25.0 Å². The van der Waals surface area contributed by atoms with Gasteiger partial charge in [0.15, 0.2) is 0 Å². The quantitative estimate of drug-likeness (QED) is 0.700. The normalized spacial score (nSPS) is 20.4. The van der Waals surface area contributed by atoms with Gasteiger partial charge in [0, 0.05) is 13.1 Å². The Morgan fingerprint density at radius 3 is 3.15 bits per heavy atom. The van der Waals surface area contributed by atoms with Crippen molar-refractivity contribution >= 4 is 12.0 Å². The molecule has 0 spiro atoms. The van der Waals surface area contributed by atoms with Crippen molar-refractivity contribution in [1.82, 2.24) is 25.4 Å².